The Hall–Kier alpha value is -2.25. The molecule has 0 bridgehead atoms. The fraction of sp³-hybridized carbons (Fsp3) is 0.357. The minimum atomic E-state index is 0.0992. The molecule has 0 saturated carbocycles. The van der Waals surface area contributed by atoms with E-state index in [9.17, 15) is 0 Å². The fourth-order valence-electron chi connectivity index (χ4n) is 2.48. The van der Waals surface area contributed by atoms with Crippen molar-refractivity contribution in [3.05, 3.63) is 30.4 Å². The van der Waals surface area contributed by atoms with Gasteiger partial charge in [-0.2, -0.15) is 4.98 Å². The second kappa shape index (κ2) is 5.27. The minimum Gasteiger partial charge on any atom is -0.375 e. The molecule has 0 aliphatic carbocycles. The Morgan fingerprint density at radius 3 is 3.24 bits per heavy atom. The maximum absolute atomic E-state index is 5.64. The molecule has 7 heteroatoms. The molecular formula is C14H15N5O2. The van der Waals surface area contributed by atoms with E-state index in [1.165, 1.54) is 0 Å². The molecular weight excluding hydrogens is 270 g/mol. The van der Waals surface area contributed by atoms with Crippen molar-refractivity contribution in [2.75, 3.05) is 19.7 Å². The molecule has 21 heavy (non-hydrogen) atoms. The van der Waals surface area contributed by atoms with E-state index >= 15 is 0 Å². The van der Waals surface area contributed by atoms with Crippen LogP contribution in [-0.4, -0.2) is 45.9 Å². The molecule has 0 amide bonds. The van der Waals surface area contributed by atoms with E-state index in [1.54, 1.807) is 6.33 Å². The van der Waals surface area contributed by atoms with Gasteiger partial charge in [-0.1, -0.05) is 5.16 Å². The quantitative estimate of drug-likeness (QED) is 0.750. The largest absolute Gasteiger partial charge is 0.375 e. The van der Waals surface area contributed by atoms with Gasteiger partial charge in [0.05, 0.1) is 36.5 Å². The van der Waals surface area contributed by atoms with Gasteiger partial charge >= 0.3 is 0 Å². The van der Waals surface area contributed by atoms with Crippen molar-refractivity contribution in [3.63, 3.8) is 0 Å². The van der Waals surface area contributed by atoms with Crippen molar-refractivity contribution >= 4 is 11.0 Å². The van der Waals surface area contributed by atoms with Crippen LogP contribution in [0.1, 0.15) is 5.89 Å². The number of fused-ring (bicyclic) bond motifs is 1. The van der Waals surface area contributed by atoms with Gasteiger partial charge in [-0.05, 0) is 18.2 Å². The lowest BCUT2D eigenvalue weighted by atomic mass is 10.2. The Balaban J connectivity index is 1.55. The lowest BCUT2D eigenvalue weighted by molar-refractivity contribution is 0.0246. The van der Waals surface area contributed by atoms with E-state index in [1.807, 2.05) is 18.2 Å². The number of benzene rings is 1. The molecule has 3 aromatic rings. The highest BCUT2D eigenvalue weighted by Gasteiger charge is 2.18. The Bertz CT molecular complexity index is 745. The second-order valence-corrected chi connectivity index (χ2v) is 5.05. The normalized spacial score (nSPS) is 19.1. The summed E-state index contributed by atoms with van der Waals surface area (Å²) in [7, 11) is 0. The van der Waals surface area contributed by atoms with Crippen molar-refractivity contribution in [1.29, 1.82) is 0 Å². The summed E-state index contributed by atoms with van der Waals surface area (Å²) in [6.07, 6.45) is 2.40. The number of hydrogen-bond acceptors (Lipinski definition) is 6. The van der Waals surface area contributed by atoms with Crippen molar-refractivity contribution in [2.45, 2.75) is 12.5 Å². The smallest absolute Gasteiger partial charge is 0.229 e. The van der Waals surface area contributed by atoms with Crippen LogP contribution in [0.2, 0.25) is 0 Å². The maximum Gasteiger partial charge on any atom is 0.229 e. The Morgan fingerprint density at radius 2 is 2.33 bits per heavy atom. The molecule has 1 saturated heterocycles. The summed E-state index contributed by atoms with van der Waals surface area (Å²) >= 11 is 0. The first kappa shape index (κ1) is 12.5. The number of morpholine rings is 1. The van der Waals surface area contributed by atoms with Crippen molar-refractivity contribution < 1.29 is 9.26 Å². The van der Waals surface area contributed by atoms with Gasteiger partial charge in [0, 0.05) is 18.7 Å². The third-order valence-corrected chi connectivity index (χ3v) is 3.55. The van der Waals surface area contributed by atoms with Crippen molar-refractivity contribution in [2.24, 2.45) is 0 Å². The van der Waals surface area contributed by atoms with Crippen LogP contribution in [0.25, 0.3) is 22.4 Å². The average Bonchev–Trinajstić information content (AvgIpc) is 3.16. The number of H-pyrrole nitrogens is 1. The van der Waals surface area contributed by atoms with E-state index in [2.05, 4.69) is 25.4 Å². The molecule has 2 N–H and O–H groups in total. The first-order valence-corrected chi connectivity index (χ1v) is 6.97. The van der Waals surface area contributed by atoms with E-state index in [0.29, 0.717) is 18.1 Å². The summed E-state index contributed by atoms with van der Waals surface area (Å²) in [5.41, 5.74) is 2.78. The number of aromatic amines is 1. The molecule has 1 atom stereocenters. The number of nitrogens with zero attached hydrogens (tertiary/aromatic N) is 3. The standard InChI is InChI=1S/C14H15N5O2/c1-2-11-12(17-8-16-11)5-9(1)14-18-13(21-19-14)6-10-7-15-3-4-20-10/h1-2,5,8,10,15H,3-4,6-7H2,(H,16,17). The minimum absolute atomic E-state index is 0.0992. The SMILES string of the molecule is c1nc2ccc(-c3noc(CC4CNCCO4)n3)cc2[nH]1. The molecule has 2 aromatic heterocycles. The van der Waals surface area contributed by atoms with E-state index in [4.69, 9.17) is 9.26 Å². The van der Waals surface area contributed by atoms with Gasteiger partial charge < -0.3 is 19.6 Å². The summed E-state index contributed by atoms with van der Waals surface area (Å²) in [5.74, 6) is 1.19. The molecule has 0 spiro atoms. The zero-order valence-corrected chi connectivity index (χ0v) is 11.4. The van der Waals surface area contributed by atoms with Crippen LogP contribution in [0.3, 0.4) is 0 Å². The Morgan fingerprint density at radius 1 is 1.33 bits per heavy atom. The summed E-state index contributed by atoms with van der Waals surface area (Å²) in [6.45, 7) is 2.44. The predicted molar refractivity (Wildman–Crippen MR) is 75.7 cm³/mol. The van der Waals surface area contributed by atoms with Gasteiger partial charge in [0.25, 0.3) is 0 Å². The fourth-order valence-corrected chi connectivity index (χ4v) is 2.48. The number of aromatic nitrogens is 4. The lowest BCUT2D eigenvalue weighted by Crippen LogP contribution is -2.39. The molecule has 7 nitrogen and oxygen atoms in total. The third kappa shape index (κ3) is 2.53. The van der Waals surface area contributed by atoms with E-state index < -0.39 is 0 Å². The lowest BCUT2D eigenvalue weighted by Gasteiger charge is -2.21. The molecule has 0 radical (unpaired) electrons. The molecule has 1 aliphatic rings. The van der Waals surface area contributed by atoms with Gasteiger partial charge in [-0.15, -0.1) is 0 Å². The number of rotatable bonds is 3. The van der Waals surface area contributed by atoms with E-state index in [0.717, 1.165) is 36.3 Å². The van der Waals surface area contributed by atoms with Crippen LogP contribution in [0.5, 0.6) is 0 Å². The summed E-state index contributed by atoms with van der Waals surface area (Å²) in [4.78, 5) is 11.7. The van der Waals surface area contributed by atoms with Crippen LogP contribution in [0.15, 0.2) is 29.0 Å². The van der Waals surface area contributed by atoms with Gasteiger partial charge in [0.2, 0.25) is 11.7 Å². The average molecular weight is 285 g/mol. The van der Waals surface area contributed by atoms with E-state index in [-0.39, 0.29) is 6.10 Å². The zero-order chi connectivity index (χ0) is 14.1. The zero-order valence-electron chi connectivity index (χ0n) is 11.4. The molecule has 4 rings (SSSR count). The number of hydrogen-bond donors (Lipinski definition) is 2. The highest BCUT2D eigenvalue weighted by Crippen LogP contribution is 2.20. The molecule has 108 valence electrons. The van der Waals surface area contributed by atoms with Crippen LogP contribution >= 0.6 is 0 Å². The number of ether oxygens (including phenoxy) is 1. The van der Waals surface area contributed by atoms with Gasteiger partial charge in [0.15, 0.2) is 0 Å². The van der Waals surface area contributed by atoms with Crippen molar-refractivity contribution in [3.8, 4) is 11.4 Å². The monoisotopic (exact) mass is 285 g/mol. The van der Waals surface area contributed by atoms with Gasteiger partial charge in [-0.25, -0.2) is 4.98 Å². The highest BCUT2D eigenvalue weighted by atomic mass is 16.5. The number of nitrogens with one attached hydrogen (secondary N) is 2. The second-order valence-electron chi connectivity index (χ2n) is 5.05. The predicted octanol–water partition coefficient (Wildman–Crippen LogP) is 1.14. The Labute approximate surface area is 120 Å². The summed E-state index contributed by atoms with van der Waals surface area (Å²) in [5, 5.41) is 7.33. The van der Waals surface area contributed by atoms with Crippen LogP contribution < -0.4 is 5.32 Å². The molecule has 1 fully saturated rings. The number of imidazole rings is 1. The highest BCUT2D eigenvalue weighted by molar-refractivity contribution is 5.79. The first-order valence-electron chi connectivity index (χ1n) is 6.97. The van der Waals surface area contributed by atoms with Crippen LogP contribution in [-0.2, 0) is 11.2 Å². The third-order valence-electron chi connectivity index (χ3n) is 3.55. The first-order chi connectivity index (χ1) is 10.4. The topological polar surface area (TPSA) is 88.9 Å². The maximum atomic E-state index is 5.64. The molecule has 1 aromatic carbocycles. The van der Waals surface area contributed by atoms with Crippen LogP contribution in [0, 0.1) is 0 Å². The van der Waals surface area contributed by atoms with Gasteiger partial charge in [-0.3, -0.25) is 0 Å². The summed E-state index contributed by atoms with van der Waals surface area (Å²) < 4.78 is 11.0. The summed E-state index contributed by atoms with van der Waals surface area (Å²) in [6, 6.07) is 5.84. The molecule has 1 aliphatic heterocycles. The molecule has 1 unspecified atom stereocenters. The Kier molecular flexibility index (Phi) is 3.13. The van der Waals surface area contributed by atoms with Crippen molar-refractivity contribution in [1.82, 2.24) is 25.4 Å². The van der Waals surface area contributed by atoms with Gasteiger partial charge in [0.1, 0.15) is 0 Å². The molecule has 3 heterocycles. The van der Waals surface area contributed by atoms with Crippen LogP contribution in [0.4, 0.5) is 0 Å².